The molecule has 4 rings (SSSR count). The number of hydrogen-bond acceptors (Lipinski definition) is 2. The van der Waals surface area contributed by atoms with Crippen molar-refractivity contribution >= 4 is 0 Å². The van der Waals surface area contributed by atoms with E-state index in [4.69, 9.17) is 9.47 Å². The van der Waals surface area contributed by atoms with Crippen LogP contribution in [0.1, 0.15) is 73.6 Å². The van der Waals surface area contributed by atoms with E-state index in [-0.39, 0.29) is 5.82 Å². The highest BCUT2D eigenvalue weighted by molar-refractivity contribution is 5.50. The third-order valence-corrected chi connectivity index (χ3v) is 7.15. The fraction of sp³-hybridized carbons (Fsp3) is 0.556. The first kappa shape index (κ1) is 21.2. The van der Waals surface area contributed by atoms with Gasteiger partial charge in [-0.05, 0) is 104 Å². The molecule has 2 nitrogen and oxygen atoms in total. The highest BCUT2D eigenvalue weighted by Gasteiger charge is 2.25. The van der Waals surface area contributed by atoms with Gasteiger partial charge in [-0.2, -0.15) is 0 Å². The van der Waals surface area contributed by atoms with Crippen molar-refractivity contribution in [2.75, 3.05) is 13.7 Å². The Morgan fingerprint density at radius 2 is 1.80 bits per heavy atom. The molecule has 1 fully saturated rings. The van der Waals surface area contributed by atoms with Crippen LogP contribution in [0.5, 0.6) is 11.5 Å². The maximum Gasteiger partial charge on any atom is 0.161 e. The largest absolute Gasteiger partial charge is 0.493 e. The number of rotatable bonds is 6. The summed E-state index contributed by atoms with van der Waals surface area (Å²) in [6.45, 7) is 5.06. The van der Waals surface area contributed by atoms with Crippen molar-refractivity contribution in [2.45, 2.75) is 71.1 Å². The van der Waals surface area contributed by atoms with Crippen molar-refractivity contribution in [2.24, 2.45) is 11.8 Å². The molecule has 0 N–H and O–H groups in total. The summed E-state index contributed by atoms with van der Waals surface area (Å²) < 4.78 is 26.4. The molecule has 2 aliphatic carbocycles. The molecule has 1 atom stereocenters. The molecule has 3 heteroatoms. The Morgan fingerprint density at radius 1 is 1.00 bits per heavy atom. The molecule has 0 spiro atoms. The third kappa shape index (κ3) is 4.82. The van der Waals surface area contributed by atoms with Gasteiger partial charge in [0, 0.05) is 0 Å². The second-order valence-corrected chi connectivity index (χ2v) is 9.53. The molecule has 2 aromatic rings. The molecule has 0 aromatic heterocycles. The molecule has 0 saturated heterocycles. The number of benzene rings is 2. The summed E-state index contributed by atoms with van der Waals surface area (Å²) in [5, 5.41) is 0. The summed E-state index contributed by atoms with van der Waals surface area (Å²) in [6, 6.07) is 9.94. The first-order valence-electron chi connectivity index (χ1n) is 11.6. The van der Waals surface area contributed by atoms with E-state index < -0.39 is 0 Å². The van der Waals surface area contributed by atoms with Crippen LogP contribution in [0.2, 0.25) is 0 Å². The Kier molecular flexibility index (Phi) is 6.65. The van der Waals surface area contributed by atoms with E-state index in [2.05, 4.69) is 19.1 Å². The van der Waals surface area contributed by atoms with Crippen LogP contribution in [0.25, 0.3) is 0 Å². The van der Waals surface area contributed by atoms with Gasteiger partial charge >= 0.3 is 0 Å². The van der Waals surface area contributed by atoms with Gasteiger partial charge < -0.3 is 9.47 Å². The van der Waals surface area contributed by atoms with Gasteiger partial charge in [-0.25, -0.2) is 4.39 Å². The number of ether oxygens (including phenoxy) is 2. The lowest BCUT2D eigenvalue weighted by atomic mass is 9.79. The average molecular weight is 411 g/mol. The minimum Gasteiger partial charge on any atom is -0.493 e. The van der Waals surface area contributed by atoms with Crippen molar-refractivity contribution in [1.29, 1.82) is 0 Å². The van der Waals surface area contributed by atoms with Crippen LogP contribution < -0.4 is 9.47 Å². The van der Waals surface area contributed by atoms with E-state index in [0.29, 0.717) is 11.8 Å². The molecule has 30 heavy (non-hydrogen) atoms. The molecule has 162 valence electrons. The average Bonchev–Trinajstić information content (AvgIpc) is 2.75. The van der Waals surface area contributed by atoms with Crippen molar-refractivity contribution < 1.29 is 13.9 Å². The first-order chi connectivity index (χ1) is 14.5. The first-order valence-corrected chi connectivity index (χ1v) is 11.6. The van der Waals surface area contributed by atoms with Gasteiger partial charge in [0.1, 0.15) is 5.82 Å². The number of fused-ring (bicyclic) bond motifs is 1. The van der Waals surface area contributed by atoms with E-state index in [1.807, 2.05) is 19.1 Å². The van der Waals surface area contributed by atoms with E-state index in [9.17, 15) is 4.39 Å². The Morgan fingerprint density at radius 3 is 2.53 bits per heavy atom. The van der Waals surface area contributed by atoms with Gasteiger partial charge in [0.2, 0.25) is 0 Å². The van der Waals surface area contributed by atoms with Gasteiger partial charge in [-0.15, -0.1) is 0 Å². The maximum absolute atomic E-state index is 14.4. The molecule has 0 amide bonds. The monoisotopic (exact) mass is 410 g/mol. The van der Waals surface area contributed by atoms with Crippen LogP contribution in [-0.2, 0) is 12.8 Å². The highest BCUT2D eigenvalue weighted by Crippen LogP contribution is 2.41. The summed E-state index contributed by atoms with van der Waals surface area (Å²) in [7, 11) is 1.72. The molecule has 0 aliphatic heterocycles. The van der Waals surface area contributed by atoms with Crippen LogP contribution in [0.4, 0.5) is 4.39 Å². The summed E-state index contributed by atoms with van der Waals surface area (Å²) >= 11 is 0. The molecular formula is C27H35FO2. The Hall–Kier alpha value is -2.03. The van der Waals surface area contributed by atoms with Gasteiger partial charge in [0.05, 0.1) is 13.7 Å². The third-order valence-electron chi connectivity index (χ3n) is 7.15. The molecule has 1 unspecified atom stereocenters. The van der Waals surface area contributed by atoms with Crippen molar-refractivity contribution in [3.05, 3.63) is 58.4 Å². The van der Waals surface area contributed by atoms with E-state index in [1.165, 1.54) is 36.8 Å². The topological polar surface area (TPSA) is 18.5 Å². The number of methoxy groups -OCH3 is 1. The standard InChI is InChI=1S/C27H35FO2/c1-18-7-10-20(11-8-18)17-30-27-15-22-6-4-5-21(24(22)16-26(27)29-3)14-23-12-9-19(2)13-25(23)28/h9,12-13,15-16,18,20-21H,4-8,10-11,14,17H2,1-3H3. The molecule has 2 aliphatic rings. The Bertz CT molecular complexity index is 867. The molecule has 0 heterocycles. The van der Waals surface area contributed by atoms with E-state index in [1.54, 1.807) is 13.2 Å². The second-order valence-electron chi connectivity index (χ2n) is 9.53. The quantitative estimate of drug-likeness (QED) is 0.510. The highest BCUT2D eigenvalue weighted by atomic mass is 19.1. The number of halogens is 1. The zero-order valence-corrected chi connectivity index (χ0v) is 18.7. The molecule has 1 saturated carbocycles. The summed E-state index contributed by atoms with van der Waals surface area (Å²) in [5.74, 6) is 3.44. The normalized spacial score (nSPS) is 23.7. The lowest BCUT2D eigenvalue weighted by Crippen LogP contribution is -2.19. The minimum atomic E-state index is -0.0872. The predicted octanol–water partition coefficient (Wildman–Crippen LogP) is 7.01. The van der Waals surface area contributed by atoms with Gasteiger partial charge in [0.15, 0.2) is 11.5 Å². The summed E-state index contributed by atoms with van der Waals surface area (Å²) in [5.41, 5.74) is 4.42. The van der Waals surface area contributed by atoms with Crippen molar-refractivity contribution in [3.8, 4) is 11.5 Å². The van der Waals surface area contributed by atoms with Gasteiger partial charge in [0.25, 0.3) is 0 Å². The predicted molar refractivity (Wildman–Crippen MR) is 120 cm³/mol. The molecule has 2 aromatic carbocycles. The summed E-state index contributed by atoms with van der Waals surface area (Å²) in [6.07, 6.45) is 9.17. The van der Waals surface area contributed by atoms with Crippen LogP contribution in [-0.4, -0.2) is 13.7 Å². The van der Waals surface area contributed by atoms with E-state index in [0.717, 1.165) is 60.8 Å². The Labute approximate surface area is 180 Å². The maximum atomic E-state index is 14.4. The minimum absolute atomic E-state index is 0.0872. The molecule has 0 radical (unpaired) electrons. The second kappa shape index (κ2) is 9.41. The zero-order valence-electron chi connectivity index (χ0n) is 18.7. The van der Waals surface area contributed by atoms with Crippen LogP contribution in [0, 0.1) is 24.6 Å². The number of aryl methyl sites for hydroxylation is 2. The van der Waals surface area contributed by atoms with Crippen LogP contribution in [0.15, 0.2) is 30.3 Å². The van der Waals surface area contributed by atoms with Crippen LogP contribution >= 0.6 is 0 Å². The lowest BCUT2D eigenvalue weighted by molar-refractivity contribution is 0.183. The fourth-order valence-corrected chi connectivity index (χ4v) is 5.18. The number of hydrogen-bond donors (Lipinski definition) is 0. The Balaban J connectivity index is 1.51. The van der Waals surface area contributed by atoms with Gasteiger partial charge in [-0.1, -0.05) is 31.9 Å². The van der Waals surface area contributed by atoms with Crippen LogP contribution in [0.3, 0.4) is 0 Å². The van der Waals surface area contributed by atoms with Gasteiger partial charge in [-0.3, -0.25) is 0 Å². The van der Waals surface area contributed by atoms with E-state index >= 15 is 0 Å². The fourth-order valence-electron chi connectivity index (χ4n) is 5.18. The smallest absolute Gasteiger partial charge is 0.161 e. The lowest BCUT2D eigenvalue weighted by Gasteiger charge is -2.29. The zero-order chi connectivity index (χ0) is 21.1. The van der Waals surface area contributed by atoms with Crippen molar-refractivity contribution in [1.82, 2.24) is 0 Å². The summed E-state index contributed by atoms with van der Waals surface area (Å²) in [4.78, 5) is 0. The van der Waals surface area contributed by atoms with Crippen molar-refractivity contribution in [3.63, 3.8) is 0 Å². The SMILES string of the molecule is COc1cc2c(cc1OCC1CCC(C)CC1)CCCC2Cc1ccc(C)cc1F. The molecular weight excluding hydrogens is 375 g/mol. The molecule has 0 bridgehead atoms.